The minimum atomic E-state index is 0.130. The van der Waals surface area contributed by atoms with E-state index in [1.54, 1.807) is 6.20 Å². The number of hydrogen-bond acceptors (Lipinski definition) is 4. The van der Waals surface area contributed by atoms with E-state index in [-0.39, 0.29) is 5.91 Å². The van der Waals surface area contributed by atoms with Gasteiger partial charge < -0.3 is 14.4 Å². The first-order chi connectivity index (χ1) is 15.7. The van der Waals surface area contributed by atoms with E-state index in [9.17, 15) is 4.79 Å². The molecule has 0 saturated heterocycles. The Morgan fingerprint density at radius 2 is 1.72 bits per heavy atom. The highest BCUT2D eigenvalue weighted by atomic mass is 16.5. The number of fused-ring (bicyclic) bond motifs is 2. The quantitative estimate of drug-likeness (QED) is 0.523. The molecule has 5 heteroatoms. The van der Waals surface area contributed by atoms with Gasteiger partial charge >= 0.3 is 0 Å². The standard InChI is InChI=1S/C27H30N2O3/c1-21-11-4-5-12-22(21)19-26(30)29-17-8-2-3-9-18-31-24-14-6-7-15-25(24)32-27-23(20-29)13-10-16-28-27/h4-7,10-16H,2-3,8-9,17-20H2,1H3. The molecule has 0 N–H and O–H groups in total. The van der Waals surface area contributed by atoms with Crippen LogP contribution in [0.4, 0.5) is 0 Å². The van der Waals surface area contributed by atoms with Crippen molar-refractivity contribution in [3.05, 3.63) is 83.6 Å². The van der Waals surface area contributed by atoms with Crippen LogP contribution < -0.4 is 9.47 Å². The number of amides is 1. The highest BCUT2D eigenvalue weighted by molar-refractivity contribution is 5.79. The van der Waals surface area contributed by atoms with Gasteiger partial charge in [0.2, 0.25) is 11.8 Å². The molecule has 0 bridgehead atoms. The summed E-state index contributed by atoms with van der Waals surface area (Å²) in [4.78, 5) is 19.7. The van der Waals surface area contributed by atoms with Crippen LogP contribution >= 0.6 is 0 Å². The lowest BCUT2D eigenvalue weighted by molar-refractivity contribution is -0.131. The first-order valence-electron chi connectivity index (χ1n) is 11.4. The van der Waals surface area contributed by atoms with Crippen molar-refractivity contribution >= 4 is 5.91 Å². The molecule has 0 fully saturated rings. The first-order valence-corrected chi connectivity index (χ1v) is 11.4. The zero-order valence-electron chi connectivity index (χ0n) is 18.6. The highest BCUT2D eigenvalue weighted by Crippen LogP contribution is 2.32. The number of para-hydroxylation sites is 2. The summed E-state index contributed by atoms with van der Waals surface area (Å²) in [7, 11) is 0. The normalized spacial score (nSPS) is 14.8. The molecule has 1 aromatic heterocycles. The molecule has 4 rings (SSSR count). The molecule has 2 aromatic carbocycles. The Morgan fingerprint density at radius 1 is 0.938 bits per heavy atom. The predicted molar refractivity (Wildman–Crippen MR) is 125 cm³/mol. The molecule has 1 aliphatic heterocycles. The number of hydrogen-bond donors (Lipinski definition) is 0. The van der Waals surface area contributed by atoms with Gasteiger partial charge in [-0.2, -0.15) is 0 Å². The molecular formula is C27H30N2O3. The summed E-state index contributed by atoms with van der Waals surface area (Å²) in [6, 6.07) is 19.6. The van der Waals surface area contributed by atoms with E-state index in [0.29, 0.717) is 37.0 Å². The van der Waals surface area contributed by atoms with Crippen LogP contribution in [0, 0.1) is 6.92 Å². The smallest absolute Gasteiger partial charge is 0.227 e. The Hall–Kier alpha value is -3.34. The molecule has 0 aliphatic carbocycles. The van der Waals surface area contributed by atoms with Crippen LogP contribution in [-0.2, 0) is 17.8 Å². The van der Waals surface area contributed by atoms with Gasteiger partial charge in [0.1, 0.15) is 0 Å². The van der Waals surface area contributed by atoms with Crippen molar-refractivity contribution in [2.24, 2.45) is 0 Å². The van der Waals surface area contributed by atoms with Crippen LogP contribution in [0.5, 0.6) is 17.4 Å². The predicted octanol–water partition coefficient (Wildman–Crippen LogP) is 5.71. The number of pyridine rings is 1. The number of carbonyl (C=O) groups is 1. The zero-order chi connectivity index (χ0) is 22.2. The van der Waals surface area contributed by atoms with Crippen molar-refractivity contribution < 1.29 is 14.3 Å². The van der Waals surface area contributed by atoms with Crippen LogP contribution in [0.2, 0.25) is 0 Å². The molecule has 2 heterocycles. The molecular weight excluding hydrogens is 400 g/mol. The number of ether oxygens (including phenoxy) is 2. The second-order valence-corrected chi connectivity index (χ2v) is 8.20. The van der Waals surface area contributed by atoms with Gasteiger partial charge in [-0.05, 0) is 49.1 Å². The Balaban J connectivity index is 1.60. The lowest BCUT2D eigenvalue weighted by Crippen LogP contribution is -2.33. The van der Waals surface area contributed by atoms with Gasteiger partial charge in [-0.1, -0.05) is 55.3 Å². The third kappa shape index (κ3) is 5.67. The fourth-order valence-corrected chi connectivity index (χ4v) is 3.92. The van der Waals surface area contributed by atoms with Crippen LogP contribution in [0.15, 0.2) is 66.9 Å². The number of nitrogens with zero attached hydrogens (tertiary/aromatic N) is 2. The molecule has 0 unspecified atom stereocenters. The molecule has 0 atom stereocenters. The molecule has 0 radical (unpaired) electrons. The third-order valence-corrected chi connectivity index (χ3v) is 5.80. The molecule has 1 amide bonds. The van der Waals surface area contributed by atoms with Crippen molar-refractivity contribution in [3.63, 3.8) is 0 Å². The van der Waals surface area contributed by atoms with Crippen LogP contribution in [0.25, 0.3) is 0 Å². The van der Waals surface area contributed by atoms with E-state index in [0.717, 1.165) is 48.9 Å². The van der Waals surface area contributed by atoms with Crippen LogP contribution in [0.1, 0.15) is 42.4 Å². The summed E-state index contributed by atoms with van der Waals surface area (Å²) in [5.41, 5.74) is 3.10. The van der Waals surface area contributed by atoms with Gasteiger partial charge in [-0.3, -0.25) is 4.79 Å². The molecule has 166 valence electrons. The molecule has 5 nitrogen and oxygen atoms in total. The Morgan fingerprint density at radius 3 is 2.59 bits per heavy atom. The van der Waals surface area contributed by atoms with Gasteiger partial charge in [-0.15, -0.1) is 0 Å². The van der Waals surface area contributed by atoms with E-state index in [2.05, 4.69) is 18.0 Å². The average molecular weight is 431 g/mol. The third-order valence-electron chi connectivity index (χ3n) is 5.80. The largest absolute Gasteiger partial charge is 0.490 e. The Kier molecular flexibility index (Phi) is 7.38. The van der Waals surface area contributed by atoms with Crippen LogP contribution in [0.3, 0.4) is 0 Å². The Labute approximate surface area is 190 Å². The van der Waals surface area contributed by atoms with Gasteiger partial charge in [-0.25, -0.2) is 4.98 Å². The maximum Gasteiger partial charge on any atom is 0.227 e. The van der Waals surface area contributed by atoms with E-state index in [1.807, 2.05) is 59.5 Å². The summed E-state index contributed by atoms with van der Waals surface area (Å²) >= 11 is 0. The van der Waals surface area contributed by atoms with E-state index in [1.165, 1.54) is 0 Å². The van der Waals surface area contributed by atoms with Gasteiger partial charge in [0.25, 0.3) is 0 Å². The summed E-state index contributed by atoms with van der Waals surface area (Å²) in [5.74, 6) is 2.00. The van der Waals surface area contributed by atoms with Gasteiger partial charge in [0.15, 0.2) is 11.5 Å². The number of benzene rings is 2. The number of carbonyl (C=O) groups excluding carboxylic acids is 1. The average Bonchev–Trinajstić information content (AvgIpc) is 2.81. The maximum absolute atomic E-state index is 13.3. The minimum Gasteiger partial charge on any atom is -0.490 e. The fraction of sp³-hybridized carbons (Fsp3) is 0.333. The summed E-state index contributed by atoms with van der Waals surface area (Å²) < 4.78 is 12.1. The topological polar surface area (TPSA) is 51.7 Å². The van der Waals surface area contributed by atoms with Crippen molar-refractivity contribution in [2.75, 3.05) is 13.2 Å². The zero-order valence-corrected chi connectivity index (χ0v) is 18.6. The molecule has 1 aliphatic rings. The highest BCUT2D eigenvalue weighted by Gasteiger charge is 2.19. The number of rotatable bonds is 2. The molecule has 3 aromatic rings. The number of aromatic nitrogens is 1. The lowest BCUT2D eigenvalue weighted by Gasteiger charge is -2.25. The summed E-state index contributed by atoms with van der Waals surface area (Å²) in [6.07, 6.45) is 6.19. The van der Waals surface area contributed by atoms with E-state index < -0.39 is 0 Å². The van der Waals surface area contributed by atoms with E-state index in [4.69, 9.17) is 9.47 Å². The van der Waals surface area contributed by atoms with Gasteiger partial charge in [0, 0.05) is 18.3 Å². The number of aryl methyl sites for hydroxylation is 1. The second kappa shape index (κ2) is 10.8. The first kappa shape index (κ1) is 21.9. The molecule has 0 spiro atoms. The monoisotopic (exact) mass is 430 g/mol. The maximum atomic E-state index is 13.3. The van der Waals surface area contributed by atoms with Crippen molar-refractivity contribution in [3.8, 4) is 17.4 Å². The second-order valence-electron chi connectivity index (χ2n) is 8.20. The fourth-order valence-electron chi connectivity index (χ4n) is 3.92. The SMILES string of the molecule is Cc1ccccc1CC(=O)N1CCCCCCOc2ccccc2Oc2ncccc2C1. The minimum absolute atomic E-state index is 0.130. The van der Waals surface area contributed by atoms with Crippen molar-refractivity contribution in [1.82, 2.24) is 9.88 Å². The summed E-state index contributed by atoms with van der Waals surface area (Å²) in [6.45, 7) is 3.89. The van der Waals surface area contributed by atoms with Crippen LogP contribution in [-0.4, -0.2) is 28.9 Å². The lowest BCUT2D eigenvalue weighted by atomic mass is 10.0. The summed E-state index contributed by atoms with van der Waals surface area (Å²) in [5, 5.41) is 0. The molecule has 0 saturated carbocycles. The van der Waals surface area contributed by atoms with E-state index >= 15 is 0 Å². The van der Waals surface area contributed by atoms with Gasteiger partial charge in [0.05, 0.1) is 19.6 Å². The Bertz CT molecular complexity index is 1050. The van der Waals surface area contributed by atoms with Crippen molar-refractivity contribution in [2.45, 2.75) is 45.6 Å². The van der Waals surface area contributed by atoms with Crippen molar-refractivity contribution in [1.29, 1.82) is 0 Å². The molecule has 32 heavy (non-hydrogen) atoms.